The Kier molecular flexibility index (Phi) is 11.2. The molecule has 3 unspecified atom stereocenters. The maximum atomic E-state index is 13.7. The Morgan fingerprint density at radius 3 is 2.23 bits per heavy atom. The van der Waals surface area contributed by atoms with Crippen molar-refractivity contribution in [3.63, 3.8) is 0 Å². The van der Waals surface area contributed by atoms with Gasteiger partial charge in [0, 0.05) is 11.8 Å². The van der Waals surface area contributed by atoms with Crippen molar-refractivity contribution in [3.8, 4) is 5.75 Å². The van der Waals surface area contributed by atoms with E-state index < -0.39 is 23.8 Å². The number of methoxy groups -OCH3 is 1. The van der Waals surface area contributed by atoms with Crippen molar-refractivity contribution in [2.24, 2.45) is 11.8 Å². The Morgan fingerprint density at radius 1 is 0.975 bits per heavy atom. The zero-order chi connectivity index (χ0) is 29.1. The Bertz CT molecular complexity index is 1140. The molecule has 3 amide bonds. The summed E-state index contributed by atoms with van der Waals surface area (Å²) in [4.78, 5) is 39.0. The van der Waals surface area contributed by atoms with E-state index in [0.29, 0.717) is 17.9 Å². The molecule has 3 atom stereocenters. The van der Waals surface area contributed by atoms with Gasteiger partial charge in [-0.15, -0.1) is 0 Å². The summed E-state index contributed by atoms with van der Waals surface area (Å²) in [7, 11) is 1.58. The van der Waals surface area contributed by atoms with E-state index in [1.165, 1.54) is 6.08 Å². The van der Waals surface area contributed by atoms with E-state index in [1.54, 1.807) is 58.2 Å². The third-order valence-corrected chi connectivity index (χ3v) is 6.96. The summed E-state index contributed by atoms with van der Waals surface area (Å²) in [6, 6.07) is 15.9. The van der Waals surface area contributed by atoms with Crippen LogP contribution in [-0.2, 0) is 20.7 Å². The molecule has 0 saturated heterocycles. The maximum absolute atomic E-state index is 13.7. The van der Waals surface area contributed by atoms with E-state index in [1.807, 2.05) is 37.3 Å². The van der Waals surface area contributed by atoms with Crippen molar-refractivity contribution < 1.29 is 23.9 Å². The van der Waals surface area contributed by atoms with Gasteiger partial charge in [0.1, 0.15) is 17.4 Å². The highest BCUT2D eigenvalue weighted by Crippen LogP contribution is 2.28. The Balaban J connectivity index is 1.76. The molecule has 2 aromatic rings. The SMILES string of the molecule is COc1ccc(NC(=O)C=CC(NC(=O)C(NC(=O)OC(C)(C)C)C2CCCC2)C(C)Cc2ccccc2)cc1. The molecular weight excluding hydrogens is 506 g/mol. The van der Waals surface area contributed by atoms with Crippen LogP contribution in [0.1, 0.15) is 58.9 Å². The van der Waals surface area contributed by atoms with E-state index in [-0.39, 0.29) is 23.7 Å². The van der Waals surface area contributed by atoms with Gasteiger partial charge in [0.25, 0.3) is 0 Å². The van der Waals surface area contributed by atoms with Crippen molar-refractivity contribution in [2.45, 2.75) is 77.5 Å². The first kappa shape index (κ1) is 30.7. The van der Waals surface area contributed by atoms with Crippen LogP contribution >= 0.6 is 0 Å². The topological polar surface area (TPSA) is 106 Å². The summed E-state index contributed by atoms with van der Waals surface area (Å²) >= 11 is 0. The fourth-order valence-corrected chi connectivity index (χ4v) is 4.92. The fraction of sp³-hybridized carbons (Fsp3) is 0.469. The lowest BCUT2D eigenvalue weighted by molar-refractivity contribution is -0.125. The highest BCUT2D eigenvalue weighted by molar-refractivity contribution is 5.99. The summed E-state index contributed by atoms with van der Waals surface area (Å²) in [6.07, 6.45) is 7.02. The molecule has 216 valence electrons. The second kappa shape index (κ2) is 14.5. The average molecular weight is 550 g/mol. The zero-order valence-corrected chi connectivity index (χ0v) is 24.2. The second-order valence-corrected chi connectivity index (χ2v) is 11.4. The largest absolute Gasteiger partial charge is 0.497 e. The first-order valence-electron chi connectivity index (χ1n) is 14.0. The van der Waals surface area contributed by atoms with Gasteiger partial charge in [-0.25, -0.2) is 4.79 Å². The van der Waals surface area contributed by atoms with Gasteiger partial charge in [-0.05, 0) is 81.7 Å². The van der Waals surface area contributed by atoms with Crippen LogP contribution in [-0.4, -0.2) is 42.7 Å². The summed E-state index contributed by atoms with van der Waals surface area (Å²) in [5.74, 6) is 0.114. The molecule has 40 heavy (non-hydrogen) atoms. The lowest BCUT2D eigenvalue weighted by atomic mass is 9.92. The van der Waals surface area contributed by atoms with Gasteiger partial charge in [0.2, 0.25) is 11.8 Å². The van der Waals surface area contributed by atoms with E-state index in [2.05, 4.69) is 16.0 Å². The monoisotopic (exact) mass is 549 g/mol. The molecular formula is C32H43N3O5. The highest BCUT2D eigenvalue weighted by Gasteiger charge is 2.34. The van der Waals surface area contributed by atoms with Crippen LogP contribution < -0.4 is 20.7 Å². The summed E-state index contributed by atoms with van der Waals surface area (Å²) in [6.45, 7) is 7.41. The first-order valence-corrected chi connectivity index (χ1v) is 14.0. The van der Waals surface area contributed by atoms with Crippen LogP contribution in [0.5, 0.6) is 5.75 Å². The van der Waals surface area contributed by atoms with Crippen molar-refractivity contribution in [1.29, 1.82) is 0 Å². The molecule has 0 aromatic heterocycles. The minimum Gasteiger partial charge on any atom is -0.497 e. The number of benzene rings is 2. The minimum atomic E-state index is -0.717. The normalized spacial score (nSPS) is 16.1. The molecule has 0 heterocycles. The van der Waals surface area contributed by atoms with Crippen LogP contribution in [0.3, 0.4) is 0 Å². The Morgan fingerprint density at radius 2 is 1.62 bits per heavy atom. The molecule has 1 saturated carbocycles. The van der Waals surface area contributed by atoms with E-state index in [0.717, 1.165) is 31.2 Å². The molecule has 3 N–H and O–H groups in total. The summed E-state index contributed by atoms with van der Waals surface area (Å²) in [5, 5.41) is 8.79. The zero-order valence-electron chi connectivity index (χ0n) is 24.2. The molecule has 1 aliphatic rings. The quantitative estimate of drug-likeness (QED) is 0.315. The number of carbonyl (C=O) groups excluding carboxylic acids is 3. The minimum absolute atomic E-state index is 0.0258. The number of rotatable bonds is 11. The molecule has 8 heteroatoms. The van der Waals surface area contributed by atoms with Crippen molar-refractivity contribution >= 4 is 23.6 Å². The van der Waals surface area contributed by atoms with Gasteiger partial charge >= 0.3 is 6.09 Å². The molecule has 2 aromatic carbocycles. The molecule has 0 radical (unpaired) electrons. The molecule has 0 bridgehead atoms. The number of amides is 3. The van der Waals surface area contributed by atoms with Gasteiger partial charge in [-0.3, -0.25) is 9.59 Å². The van der Waals surface area contributed by atoms with Crippen LogP contribution in [0.25, 0.3) is 0 Å². The molecule has 0 aliphatic heterocycles. The first-order chi connectivity index (χ1) is 19.0. The lowest BCUT2D eigenvalue weighted by Crippen LogP contribution is -2.54. The number of anilines is 1. The number of hydrogen-bond donors (Lipinski definition) is 3. The number of carbonyl (C=O) groups is 3. The number of alkyl carbamates (subject to hydrolysis) is 1. The average Bonchev–Trinajstić information content (AvgIpc) is 3.44. The van der Waals surface area contributed by atoms with Crippen LogP contribution in [0, 0.1) is 11.8 Å². The van der Waals surface area contributed by atoms with E-state index in [4.69, 9.17) is 9.47 Å². The smallest absolute Gasteiger partial charge is 0.408 e. The number of hydrogen-bond acceptors (Lipinski definition) is 5. The predicted octanol–water partition coefficient (Wildman–Crippen LogP) is 5.64. The van der Waals surface area contributed by atoms with Crippen LogP contribution in [0.15, 0.2) is 66.7 Å². The summed E-state index contributed by atoms with van der Waals surface area (Å²) < 4.78 is 10.6. The highest BCUT2D eigenvalue weighted by atomic mass is 16.6. The Labute approximate surface area is 237 Å². The van der Waals surface area contributed by atoms with Crippen molar-refractivity contribution in [1.82, 2.24) is 10.6 Å². The van der Waals surface area contributed by atoms with E-state index in [9.17, 15) is 14.4 Å². The van der Waals surface area contributed by atoms with Gasteiger partial charge in [-0.2, -0.15) is 0 Å². The third-order valence-electron chi connectivity index (χ3n) is 6.96. The molecule has 3 rings (SSSR count). The van der Waals surface area contributed by atoms with Gasteiger partial charge < -0.3 is 25.4 Å². The van der Waals surface area contributed by atoms with Crippen molar-refractivity contribution in [3.05, 3.63) is 72.3 Å². The summed E-state index contributed by atoms with van der Waals surface area (Å²) in [5.41, 5.74) is 1.09. The molecule has 0 spiro atoms. The lowest BCUT2D eigenvalue weighted by Gasteiger charge is -2.29. The van der Waals surface area contributed by atoms with Crippen LogP contribution in [0.2, 0.25) is 0 Å². The standard InChI is InChI=1S/C32H43N3O5/c1-22(21-23-11-7-6-8-12-23)27(19-20-28(36)33-25-15-17-26(39-5)18-16-25)34-30(37)29(24-13-9-10-14-24)35-31(38)40-32(2,3)4/h6-8,11-12,15-20,22,24,27,29H,9-10,13-14,21H2,1-5H3,(H,33,36)(H,34,37)(H,35,38). The molecule has 1 fully saturated rings. The third kappa shape index (κ3) is 10.1. The van der Waals surface area contributed by atoms with Crippen LogP contribution in [0.4, 0.5) is 10.5 Å². The van der Waals surface area contributed by atoms with E-state index >= 15 is 0 Å². The maximum Gasteiger partial charge on any atom is 0.408 e. The van der Waals surface area contributed by atoms with Gasteiger partial charge in [0.15, 0.2) is 0 Å². The molecule has 8 nitrogen and oxygen atoms in total. The fourth-order valence-electron chi connectivity index (χ4n) is 4.92. The Hall–Kier alpha value is -3.81. The number of ether oxygens (including phenoxy) is 2. The van der Waals surface area contributed by atoms with Crippen molar-refractivity contribution in [2.75, 3.05) is 12.4 Å². The molecule has 1 aliphatic carbocycles. The number of nitrogens with one attached hydrogen (secondary N) is 3. The van der Waals surface area contributed by atoms with Gasteiger partial charge in [-0.1, -0.05) is 56.2 Å². The predicted molar refractivity (Wildman–Crippen MR) is 157 cm³/mol. The van der Waals surface area contributed by atoms with Gasteiger partial charge in [0.05, 0.1) is 13.2 Å². The second-order valence-electron chi connectivity index (χ2n) is 11.4.